The number of nitrogens with two attached hydrogens (primary N) is 1. The molecule has 1 aromatic carbocycles. The highest BCUT2D eigenvalue weighted by Gasteiger charge is 2.45. The average molecular weight is 449 g/mol. The molecule has 0 spiro atoms. The third kappa shape index (κ3) is 3.83. The standard InChI is InChI=1S/C22H20N6OS2/c1-22(2)10-15-18(16(29)11-22)17(13-6-4-3-5-7-13)14(12-24)19(25)28(15)20-26-27-21(31-20)30-9-8-23/h3-7,17H,9-11,25H2,1-2H3. The molecule has 0 radical (unpaired) electrons. The van der Waals surface area contributed by atoms with Crippen LogP contribution in [0.15, 0.2) is 57.3 Å². The Morgan fingerprint density at radius 1 is 1.26 bits per heavy atom. The molecule has 4 rings (SSSR count). The Morgan fingerprint density at radius 2 is 2.00 bits per heavy atom. The van der Waals surface area contributed by atoms with Crippen molar-refractivity contribution >= 4 is 34.0 Å². The number of nitrogens with zero attached hydrogens (tertiary/aromatic N) is 5. The van der Waals surface area contributed by atoms with Gasteiger partial charge in [-0.2, -0.15) is 10.5 Å². The zero-order chi connectivity index (χ0) is 22.2. The maximum atomic E-state index is 13.4. The summed E-state index contributed by atoms with van der Waals surface area (Å²) >= 11 is 2.59. The Balaban J connectivity index is 1.91. The predicted octanol–water partition coefficient (Wildman–Crippen LogP) is 4.09. The van der Waals surface area contributed by atoms with Gasteiger partial charge in [0.15, 0.2) is 10.1 Å². The van der Waals surface area contributed by atoms with Crippen LogP contribution in [0.5, 0.6) is 0 Å². The Hall–Kier alpha value is -3.14. The molecule has 9 heteroatoms. The summed E-state index contributed by atoms with van der Waals surface area (Å²) in [4.78, 5) is 15.1. The highest BCUT2D eigenvalue weighted by Crippen LogP contribution is 2.50. The van der Waals surface area contributed by atoms with E-state index in [4.69, 9.17) is 11.0 Å². The molecule has 0 saturated carbocycles. The molecule has 1 unspecified atom stereocenters. The molecular weight excluding hydrogens is 428 g/mol. The Labute approximate surface area is 188 Å². The fourth-order valence-electron chi connectivity index (χ4n) is 4.15. The first-order valence-electron chi connectivity index (χ1n) is 9.70. The molecular formula is C22H20N6OS2. The van der Waals surface area contributed by atoms with Crippen LogP contribution in [0.2, 0.25) is 0 Å². The number of thioether (sulfide) groups is 1. The van der Waals surface area contributed by atoms with Crippen LogP contribution in [0.4, 0.5) is 5.13 Å². The number of carbonyl (C=O) groups is 1. The van der Waals surface area contributed by atoms with Crippen LogP contribution in [0.1, 0.15) is 38.2 Å². The topological polar surface area (TPSA) is 120 Å². The van der Waals surface area contributed by atoms with E-state index in [9.17, 15) is 10.1 Å². The lowest BCUT2D eigenvalue weighted by Crippen LogP contribution is -2.42. The molecule has 1 atom stereocenters. The van der Waals surface area contributed by atoms with Crippen molar-refractivity contribution in [3.63, 3.8) is 0 Å². The molecule has 1 aliphatic carbocycles. The summed E-state index contributed by atoms with van der Waals surface area (Å²) in [6, 6.07) is 13.9. The quantitative estimate of drug-likeness (QED) is 0.694. The molecule has 0 amide bonds. The monoisotopic (exact) mass is 448 g/mol. The fourth-order valence-corrected chi connectivity index (χ4v) is 5.69. The maximum Gasteiger partial charge on any atom is 0.219 e. The SMILES string of the molecule is CC1(C)CC(=O)C2=C(C1)N(c1nnc(SCC#N)s1)C(N)=C(C#N)C2c1ccccc1. The van der Waals surface area contributed by atoms with Gasteiger partial charge >= 0.3 is 0 Å². The van der Waals surface area contributed by atoms with Gasteiger partial charge in [-0.15, -0.1) is 10.2 Å². The van der Waals surface area contributed by atoms with Gasteiger partial charge in [0.2, 0.25) is 5.13 Å². The van der Waals surface area contributed by atoms with Gasteiger partial charge in [0, 0.05) is 17.7 Å². The number of aromatic nitrogens is 2. The lowest BCUT2D eigenvalue weighted by Gasteiger charge is -2.42. The van der Waals surface area contributed by atoms with Crippen molar-refractivity contribution in [1.29, 1.82) is 10.5 Å². The molecule has 1 aliphatic heterocycles. The summed E-state index contributed by atoms with van der Waals surface area (Å²) in [5.41, 5.74) is 8.90. The first-order chi connectivity index (χ1) is 14.9. The van der Waals surface area contributed by atoms with Gasteiger partial charge < -0.3 is 5.73 Å². The number of ketones is 1. The summed E-state index contributed by atoms with van der Waals surface area (Å²) < 4.78 is 0.636. The molecule has 2 heterocycles. The number of allylic oxidation sites excluding steroid dienone is 3. The van der Waals surface area contributed by atoms with Gasteiger partial charge in [-0.3, -0.25) is 9.69 Å². The van der Waals surface area contributed by atoms with Crippen molar-refractivity contribution in [3.8, 4) is 12.1 Å². The third-order valence-electron chi connectivity index (χ3n) is 5.36. The molecule has 2 N–H and O–H groups in total. The molecule has 1 aromatic heterocycles. The minimum Gasteiger partial charge on any atom is -0.384 e. The van der Waals surface area contributed by atoms with Gasteiger partial charge in [0.05, 0.1) is 29.4 Å². The molecule has 2 aliphatic rings. The van der Waals surface area contributed by atoms with Crippen LogP contribution >= 0.6 is 23.1 Å². The Kier molecular flexibility index (Phi) is 5.57. The number of benzene rings is 1. The van der Waals surface area contributed by atoms with Crippen molar-refractivity contribution in [2.24, 2.45) is 11.1 Å². The smallest absolute Gasteiger partial charge is 0.219 e. The number of rotatable bonds is 4. The minimum absolute atomic E-state index is 0.0222. The van der Waals surface area contributed by atoms with E-state index in [1.165, 1.54) is 23.1 Å². The van der Waals surface area contributed by atoms with E-state index < -0.39 is 5.92 Å². The number of Topliss-reactive ketones (excluding diaryl/α,β-unsaturated/α-hetero) is 1. The van der Waals surface area contributed by atoms with Crippen molar-refractivity contribution < 1.29 is 4.79 Å². The lowest BCUT2D eigenvalue weighted by molar-refractivity contribution is -0.118. The van der Waals surface area contributed by atoms with Crippen LogP contribution in [-0.2, 0) is 4.79 Å². The van der Waals surface area contributed by atoms with Gasteiger partial charge in [0.25, 0.3) is 0 Å². The Bertz CT molecular complexity index is 1180. The Morgan fingerprint density at radius 3 is 2.68 bits per heavy atom. The van der Waals surface area contributed by atoms with Crippen LogP contribution in [0, 0.1) is 28.1 Å². The van der Waals surface area contributed by atoms with E-state index >= 15 is 0 Å². The first kappa shape index (κ1) is 21.1. The number of hydrogen-bond acceptors (Lipinski definition) is 9. The fraction of sp³-hybridized carbons (Fsp3) is 0.318. The average Bonchev–Trinajstić information content (AvgIpc) is 3.19. The first-order valence-corrected chi connectivity index (χ1v) is 11.5. The zero-order valence-corrected chi connectivity index (χ0v) is 18.8. The van der Waals surface area contributed by atoms with Crippen LogP contribution in [-0.4, -0.2) is 21.7 Å². The lowest BCUT2D eigenvalue weighted by atomic mass is 9.69. The summed E-state index contributed by atoms with van der Waals surface area (Å²) in [7, 11) is 0. The van der Waals surface area contributed by atoms with Crippen molar-refractivity contribution in [1.82, 2.24) is 10.2 Å². The minimum atomic E-state index is -0.499. The summed E-state index contributed by atoms with van der Waals surface area (Å²) in [5.74, 6) is 0.0582. The predicted molar refractivity (Wildman–Crippen MR) is 120 cm³/mol. The molecule has 0 fully saturated rings. The van der Waals surface area contributed by atoms with Crippen molar-refractivity contribution in [2.75, 3.05) is 10.7 Å². The van der Waals surface area contributed by atoms with Gasteiger partial charge in [-0.05, 0) is 17.4 Å². The maximum absolute atomic E-state index is 13.4. The van der Waals surface area contributed by atoms with Gasteiger partial charge in [-0.1, -0.05) is 67.3 Å². The molecule has 7 nitrogen and oxygen atoms in total. The van der Waals surface area contributed by atoms with Crippen LogP contribution < -0.4 is 10.6 Å². The van der Waals surface area contributed by atoms with E-state index in [1.54, 1.807) is 4.90 Å². The number of carbonyl (C=O) groups excluding carboxylic acids is 1. The summed E-state index contributed by atoms with van der Waals surface area (Å²) in [6.07, 6.45) is 1.03. The van der Waals surface area contributed by atoms with Crippen LogP contribution in [0.3, 0.4) is 0 Å². The van der Waals surface area contributed by atoms with E-state index in [1.807, 2.05) is 30.3 Å². The van der Waals surface area contributed by atoms with E-state index in [2.05, 4.69) is 36.2 Å². The summed E-state index contributed by atoms with van der Waals surface area (Å²) in [5, 5.41) is 27.8. The second kappa shape index (κ2) is 8.18. The van der Waals surface area contributed by atoms with E-state index in [0.29, 0.717) is 33.5 Å². The zero-order valence-electron chi connectivity index (χ0n) is 17.1. The largest absolute Gasteiger partial charge is 0.384 e. The van der Waals surface area contributed by atoms with Gasteiger partial charge in [0.1, 0.15) is 5.82 Å². The molecule has 0 bridgehead atoms. The number of nitriles is 2. The van der Waals surface area contributed by atoms with E-state index in [-0.39, 0.29) is 22.8 Å². The molecule has 31 heavy (non-hydrogen) atoms. The number of anilines is 1. The van der Waals surface area contributed by atoms with Gasteiger partial charge in [-0.25, -0.2) is 0 Å². The van der Waals surface area contributed by atoms with E-state index in [0.717, 1.165) is 11.3 Å². The second-order valence-corrected chi connectivity index (χ2v) is 10.4. The molecule has 156 valence electrons. The molecule has 2 aromatic rings. The third-order valence-corrected chi connectivity index (χ3v) is 7.27. The normalized spacial score (nSPS) is 20.3. The highest BCUT2D eigenvalue weighted by molar-refractivity contribution is 8.01. The highest BCUT2D eigenvalue weighted by atomic mass is 32.2. The van der Waals surface area contributed by atoms with Crippen molar-refractivity contribution in [3.05, 3.63) is 58.6 Å². The summed E-state index contributed by atoms with van der Waals surface area (Å²) in [6.45, 7) is 4.11. The number of hydrogen-bond donors (Lipinski definition) is 1. The second-order valence-electron chi connectivity index (χ2n) is 8.19. The van der Waals surface area contributed by atoms with Crippen LogP contribution in [0.25, 0.3) is 0 Å². The van der Waals surface area contributed by atoms with Crippen molar-refractivity contribution in [2.45, 2.75) is 36.9 Å². The molecule has 0 saturated heterocycles.